The highest BCUT2D eigenvalue weighted by atomic mass is 32.2. The number of nitrogens with zero attached hydrogens (tertiary/aromatic N) is 3. The van der Waals surface area contributed by atoms with E-state index in [1.54, 1.807) is 24.5 Å². The van der Waals surface area contributed by atoms with E-state index in [9.17, 15) is 4.79 Å². The van der Waals surface area contributed by atoms with Crippen molar-refractivity contribution >= 4 is 29.2 Å². The highest BCUT2D eigenvalue weighted by Crippen LogP contribution is 2.34. The van der Waals surface area contributed by atoms with Gasteiger partial charge in [0.15, 0.2) is 11.5 Å². The van der Waals surface area contributed by atoms with Gasteiger partial charge in [-0.25, -0.2) is 9.97 Å². The first-order valence-corrected chi connectivity index (χ1v) is 9.16. The van der Waals surface area contributed by atoms with Crippen molar-refractivity contribution in [1.82, 2.24) is 9.97 Å². The molecule has 7 nitrogen and oxygen atoms in total. The summed E-state index contributed by atoms with van der Waals surface area (Å²) in [6.07, 6.45) is 3.96. The predicted octanol–water partition coefficient (Wildman–Crippen LogP) is 2.54. The predicted molar refractivity (Wildman–Crippen MR) is 95.4 cm³/mol. The molecule has 0 aliphatic carbocycles. The zero-order valence-corrected chi connectivity index (χ0v) is 14.4. The number of carbonyl (C=O) groups excluding carboxylic acids is 1. The van der Waals surface area contributed by atoms with Crippen LogP contribution in [0.4, 0.5) is 11.5 Å². The summed E-state index contributed by atoms with van der Waals surface area (Å²) < 4.78 is 10.6. The average molecular weight is 358 g/mol. The summed E-state index contributed by atoms with van der Waals surface area (Å²) in [4.78, 5) is 23.0. The van der Waals surface area contributed by atoms with Crippen LogP contribution in [-0.4, -0.2) is 41.5 Å². The SMILES string of the molecule is O=C(CSc1cc(N2CCCC2)ncn1)Nc1ccc2c(c1)OCO2. The van der Waals surface area contributed by atoms with E-state index in [-0.39, 0.29) is 18.5 Å². The summed E-state index contributed by atoms with van der Waals surface area (Å²) in [5.41, 5.74) is 0.690. The van der Waals surface area contributed by atoms with Crippen molar-refractivity contribution in [2.45, 2.75) is 17.9 Å². The normalized spacial score (nSPS) is 15.4. The summed E-state index contributed by atoms with van der Waals surface area (Å²) in [6, 6.07) is 7.30. The minimum Gasteiger partial charge on any atom is -0.454 e. The zero-order valence-electron chi connectivity index (χ0n) is 13.6. The number of hydrogen-bond acceptors (Lipinski definition) is 7. The van der Waals surface area contributed by atoms with Crippen LogP contribution in [0.3, 0.4) is 0 Å². The van der Waals surface area contributed by atoms with E-state index in [0.717, 1.165) is 23.9 Å². The average Bonchev–Trinajstić information content (AvgIpc) is 3.31. The summed E-state index contributed by atoms with van der Waals surface area (Å²) in [5, 5.41) is 3.67. The van der Waals surface area contributed by atoms with Gasteiger partial charge in [-0.3, -0.25) is 4.79 Å². The van der Waals surface area contributed by atoms with Crippen LogP contribution in [0.25, 0.3) is 0 Å². The van der Waals surface area contributed by atoms with Gasteiger partial charge in [-0.05, 0) is 25.0 Å². The van der Waals surface area contributed by atoms with Gasteiger partial charge >= 0.3 is 0 Å². The Labute approximate surface area is 149 Å². The maximum atomic E-state index is 12.2. The van der Waals surface area contributed by atoms with Gasteiger partial charge in [0.25, 0.3) is 0 Å². The van der Waals surface area contributed by atoms with Crippen molar-refractivity contribution in [3.8, 4) is 11.5 Å². The van der Waals surface area contributed by atoms with E-state index in [1.807, 2.05) is 6.07 Å². The van der Waals surface area contributed by atoms with Crippen LogP contribution in [-0.2, 0) is 4.79 Å². The van der Waals surface area contributed by atoms with Crippen LogP contribution in [0.15, 0.2) is 35.6 Å². The fourth-order valence-electron chi connectivity index (χ4n) is 2.84. The molecule has 0 spiro atoms. The lowest BCUT2D eigenvalue weighted by Crippen LogP contribution is -2.19. The Bertz CT molecular complexity index is 780. The number of carbonyl (C=O) groups is 1. The van der Waals surface area contributed by atoms with E-state index in [2.05, 4.69) is 20.2 Å². The molecule has 2 aliphatic heterocycles. The van der Waals surface area contributed by atoms with Crippen molar-refractivity contribution in [1.29, 1.82) is 0 Å². The molecular weight excluding hydrogens is 340 g/mol. The van der Waals surface area contributed by atoms with Crippen molar-refractivity contribution in [2.75, 3.05) is 35.9 Å². The molecule has 3 heterocycles. The largest absolute Gasteiger partial charge is 0.454 e. The standard InChI is InChI=1S/C17H18N4O3S/c22-16(20-12-3-4-13-14(7-12)24-11-23-13)9-25-17-8-15(18-10-19-17)21-5-1-2-6-21/h3-4,7-8,10H,1-2,5-6,9,11H2,(H,20,22). The first-order chi connectivity index (χ1) is 12.3. The molecule has 8 heteroatoms. The molecule has 1 amide bonds. The number of ether oxygens (including phenoxy) is 2. The Hall–Kier alpha value is -2.48. The summed E-state index contributed by atoms with van der Waals surface area (Å²) >= 11 is 1.40. The molecule has 0 radical (unpaired) electrons. The van der Waals surface area contributed by atoms with Crippen LogP contribution < -0.4 is 19.7 Å². The lowest BCUT2D eigenvalue weighted by molar-refractivity contribution is -0.113. The van der Waals surface area contributed by atoms with Gasteiger partial charge < -0.3 is 19.7 Å². The summed E-state index contributed by atoms with van der Waals surface area (Å²) in [6.45, 7) is 2.28. The Balaban J connectivity index is 1.33. The monoisotopic (exact) mass is 358 g/mol. The Morgan fingerprint density at radius 2 is 2.00 bits per heavy atom. The zero-order chi connectivity index (χ0) is 17.1. The Kier molecular flexibility index (Phi) is 4.60. The van der Waals surface area contributed by atoms with Gasteiger partial charge in [-0.1, -0.05) is 11.8 Å². The summed E-state index contributed by atoms with van der Waals surface area (Å²) in [7, 11) is 0. The molecule has 25 heavy (non-hydrogen) atoms. The van der Waals surface area contributed by atoms with Crippen LogP contribution >= 0.6 is 11.8 Å². The van der Waals surface area contributed by atoms with Gasteiger partial charge in [-0.15, -0.1) is 0 Å². The third-order valence-electron chi connectivity index (χ3n) is 4.07. The number of anilines is 2. The molecule has 2 aliphatic rings. The highest BCUT2D eigenvalue weighted by Gasteiger charge is 2.16. The Morgan fingerprint density at radius 1 is 1.16 bits per heavy atom. The number of hydrogen-bond donors (Lipinski definition) is 1. The van der Waals surface area contributed by atoms with E-state index < -0.39 is 0 Å². The lowest BCUT2D eigenvalue weighted by atomic mass is 10.3. The fourth-order valence-corrected chi connectivity index (χ4v) is 3.50. The highest BCUT2D eigenvalue weighted by molar-refractivity contribution is 7.99. The number of amides is 1. The third kappa shape index (κ3) is 3.79. The minimum atomic E-state index is -0.0924. The minimum absolute atomic E-state index is 0.0924. The van der Waals surface area contributed by atoms with Crippen LogP contribution in [0.1, 0.15) is 12.8 Å². The van der Waals surface area contributed by atoms with Gasteiger partial charge in [0.2, 0.25) is 12.7 Å². The van der Waals surface area contributed by atoms with E-state index in [1.165, 1.54) is 24.6 Å². The second-order valence-corrected chi connectivity index (χ2v) is 6.81. The number of benzene rings is 1. The quantitative estimate of drug-likeness (QED) is 0.650. The molecule has 0 atom stereocenters. The second-order valence-electron chi connectivity index (χ2n) is 5.81. The van der Waals surface area contributed by atoms with E-state index >= 15 is 0 Å². The second kappa shape index (κ2) is 7.18. The van der Waals surface area contributed by atoms with Crippen molar-refractivity contribution in [2.24, 2.45) is 0 Å². The number of thioether (sulfide) groups is 1. The maximum absolute atomic E-state index is 12.2. The Morgan fingerprint density at radius 3 is 2.88 bits per heavy atom. The molecular formula is C17H18N4O3S. The number of nitrogens with one attached hydrogen (secondary N) is 1. The first kappa shape index (κ1) is 16.0. The van der Waals surface area contributed by atoms with Crippen LogP contribution in [0, 0.1) is 0 Å². The smallest absolute Gasteiger partial charge is 0.234 e. The molecule has 4 rings (SSSR count). The maximum Gasteiger partial charge on any atom is 0.234 e. The lowest BCUT2D eigenvalue weighted by Gasteiger charge is -2.16. The molecule has 2 aromatic rings. The molecule has 1 aromatic heterocycles. The number of fused-ring (bicyclic) bond motifs is 1. The van der Waals surface area contributed by atoms with Crippen LogP contribution in [0.5, 0.6) is 11.5 Å². The van der Waals surface area contributed by atoms with E-state index in [4.69, 9.17) is 9.47 Å². The molecule has 1 aromatic carbocycles. The number of rotatable bonds is 5. The van der Waals surface area contributed by atoms with Crippen LogP contribution in [0.2, 0.25) is 0 Å². The molecule has 1 N–H and O–H groups in total. The van der Waals surface area contributed by atoms with Crippen molar-refractivity contribution in [3.05, 3.63) is 30.6 Å². The molecule has 0 saturated carbocycles. The van der Waals surface area contributed by atoms with Gasteiger partial charge in [0.1, 0.15) is 17.2 Å². The molecule has 1 fully saturated rings. The van der Waals surface area contributed by atoms with Crippen molar-refractivity contribution in [3.63, 3.8) is 0 Å². The van der Waals surface area contributed by atoms with Crippen molar-refractivity contribution < 1.29 is 14.3 Å². The van der Waals surface area contributed by atoms with Gasteiger partial charge in [0, 0.05) is 30.9 Å². The molecule has 0 unspecified atom stereocenters. The first-order valence-electron chi connectivity index (χ1n) is 8.17. The topological polar surface area (TPSA) is 76.6 Å². The molecule has 1 saturated heterocycles. The molecule has 0 bridgehead atoms. The van der Waals surface area contributed by atoms with Gasteiger partial charge in [-0.2, -0.15) is 0 Å². The summed E-state index contributed by atoms with van der Waals surface area (Å²) in [5.74, 6) is 2.47. The van der Waals surface area contributed by atoms with E-state index in [0.29, 0.717) is 17.2 Å². The fraction of sp³-hybridized carbons (Fsp3) is 0.353. The van der Waals surface area contributed by atoms with Gasteiger partial charge in [0.05, 0.1) is 5.75 Å². The molecule has 130 valence electrons. The third-order valence-corrected chi connectivity index (χ3v) is 4.99. The number of aromatic nitrogens is 2.